The summed E-state index contributed by atoms with van der Waals surface area (Å²) >= 11 is 3.84. The lowest BCUT2D eigenvalue weighted by molar-refractivity contribution is -0.113. The molecule has 0 aliphatic heterocycles. The number of benzene rings is 2. The summed E-state index contributed by atoms with van der Waals surface area (Å²) in [5.74, 6) is 0.880. The van der Waals surface area contributed by atoms with Gasteiger partial charge < -0.3 is 15.4 Å². The first-order valence-corrected chi connectivity index (χ1v) is 10.6. The van der Waals surface area contributed by atoms with Crippen LogP contribution in [0.2, 0.25) is 0 Å². The quantitative estimate of drug-likeness (QED) is 0.424. The van der Waals surface area contributed by atoms with Gasteiger partial charge in [0.2, 0.25) is 11.0 Å². The van der Waals surface area contributed by atoms with Gasteiger partial charge in [0.1, 0.15) is 16.8 Å². The number of nitrogens with zero attached hydrogens (tertiary/aromatic N) is 4. The Kier molecular flexibility index (Phi) is 5.65. The van der Waals surface area contributed by atoms with Crippen molar-refractivity contribution in [3.63, 3.8) is 0 Å². The number of hydrogen-bond acceptors (Lipinski definition) is 10. The Morgan fingerprint density at radius 3 is 2.82 bits per heavy atom. The number of carbonyl (C=O) groups excluding carboxylic acids is 1. The first-order valence-electron chi connectivity index (χ1n) is 8.10. The SMILES string of the molecule is COc1ccc(Nc2nnc(SCC(=O)Nc3cccc4nsnc34)s2)cc1. The van der Waals surface area contributed by atoms with Gasteiger partial charge in [0.15, 0.2) is 4.34 Å². The van der Waals surface area contributed by atoms with Crippen molar-refractivity contribution < 1.29 is 9.53 Å². The van der Waals surface area contributed by atoms with Crippen LogP contribution in [0.4, 0.5) is 16.5 Å². The van der Waals surface area contributed by atoms with Crippen LogP contribution >= 0.6 is 34.8 Å². The normalized spacial score (nSPS) is 10.8. The predicted molar refractivity (Wildman–Crippen MR) is 113 cm³/mol. The Morgan fingerprint density at radius 1 is 1.14 bits per heavy atom. The van der Waals surface area contributed by atoms with Gasteiger partial charge in [-0.3, -0.25) is 4.79 Å². The largest absolute Gasteiger partial charge is 0.497 e. The minimum absolute atomic E-state index is 0.134. The summed E-state index contributed by atoms with van der Waals surface area (Å²) < 4.78 is 14.2. The standard InChI is InChI=1S/C17H14N6O2S3/c1-25-11-7-5-10(6-8-11)18-16-20-21-17(27-16)26-9-14(24)19-12-3-2-4-13-15(12)23-28-22-13/h2-8H,9H2,1H3,(H,18,20)(H,19,24). The maximum absolute atomic E-state index is 12.3. The van der Waals surface area contributed by atoms with Crippen LogP contribution in [0.1, 0.15) is 0 Å². The van der Waals surface area contributed by atoms with Crippen LogP contribution in [0.3, 0.4) is 0 Å². The van der Waals surface area contributed by atoms with Crippen molar-refractivity contribution in [1.82, 2.24) is 18.9 Å². The van der Waals surface area contributed by atoms with Crippen LogP contribution in [-0.2, 0) is 4.79 Å². The van der Waals surface area contributed by atoms with E-state index in [-0.39, 0.29) is 11.7 Å². The maximum Gasteiger partial charge on any atom is 0.234 e. The molecule has 2 aromatic heterocycles. The molecule has 0 saturated carbocycles. The van der Waals surface area contributed by atoms with E-state index in [4.69, 9.17) is 4.74 Å². The molecule has 0 unspecified atom stereocenters. The van der Waals surface area contributed by atoms with Crippen molar-refractivity contribution in [1.29, 1.82) is 0 Å². The van der Waals surface area contributed by atoms with Crippen LogP contribution in [-0.4, -0.2) is 37.7 Å². The number of aromatic nitrogens is 4. The third kappa shape index (κ3) is 4.38. The van der Waals surface area contributed by atoms with Gasteiger partial charge in [0.05, 0.1) is 30.3 Å². The van der Waals surface area contributed by atoms with Crippen LogP contribution in [0, 0.1) is 0 Å². The van der Waals surface area contributed by atoms with Crippen molar-refractivity contribution in [3.05, 3.63) is 42.5 Å². The number of thioether (sulfide) groups is 1. The Hall–Kier alpha value is -2.76. The molecule has 0 fully saturated rings. The van der Waals surface area contributed by atoms with Crippen LogP contribution in [0.15, 0.2) is 46.8 Å². The molecule has 0 atom stereocenters. The van der Waals surface area contributed by atoms with Crippen molar-refractivity contribution in [2.75, 3.05) is 23.5 Å². The number of rotatable bonds is 7. The van der Waals surface area contributed by atoms with E-state index in [1.807, 2.05) is 42.5 Å². The lowest BCUT2D eigenvalue weighted by Crippen LogP contribution is -2.14. The van der Waals surface area contributed by atoms with Crippen molar-refractivity contribution in [2.45, 2.75) is 4.34 Å². The highest BCUT2D eigenvalue weighted by atomic mass is 32.2. The van der Waals surface area contributed by atoms with Crippen LogP contribution in [0.25, 0.3) is 11.0 Å². The van der Waals surface area contributed by atoms with Gasteiger partial charge in [-0.15, -0.1) is 10.2 Å². The highest BCUT2D eigenvalue weighted by molar-refractivity contribution is 8.01. The van der Waals surface area contributed by atoms with Gasteiger partial charge in [-0.05, 0) is 36.4 Å². The molecule has 8 nitrogen and oxygen atoms in total. The molecule has 4 aromatic rings. The Balaban J connectivity index is 1.32. The number of hydrogen-bond donors (Lipinski definition) is 2. The third-order valence-electron chi connectivity index (χ3n) is 3.63. The van der Waals surface area contributed by atoms with E-state index in [9.17, 15) is 4.79 Å². The third-order valence-corrected chi connectivity index (χ3v) is 6.15. The first-order chi connectivity index (χ1) is 13.7. The fourth-order valence-corrected chi connectivity index (χ4v) is 4.46. The average Bonchev–Trinajstić information content (AvgIpc) is 3.37. The summed E-state index contributed by atoms with van der Waals surface area (Å²) in [5.41, 5.74) is 3.02. The predicted octanol–water partition coefficient (Wildman–Crippen LogP) is 4.03. The Morgan fingerprint density at radius 2 is 2.00 bits per heavy atom. The first kappa shape index (κ1) is 18.6. The van der Waals surface area contributed by atoms with E-state index in [1.54, 1.807) is 7.11 Å². The molecule has 0 spiro atoms. The van der Waals surface area contributed by atoms with Gasteiger partial charge in [-0.2, -0.15) is 8.75 Å². The lowest BCUT2D eigenvalue weighted by atomic mass is 10.2. The molecule has 11 heteroatoms. The summed E-state index contributed by atoms with van der Waals surface area (Å²) in [6, 6.07) is 13.0. The van der Waals surface area contributed by atoms with Crippen LogP contribution < -0.4 is 15.4 Å². The second-order valence-electron chi connectivity index (χ2n) is 5.50. The van der Waals surface area contributed by atoms with Gasteiger partial charge in [-0.25, -0.2) is 0 Å². The van der Waals surface area contributed by atoms with Crippen molar-refractivity contribution in [2.24, 2.45) is 0 Å². The molecular formula is C17H14N6O2S3. The molecule has 2 heterocycles. The summed E-state index contributed by atoms with van der Waals surface area (Å²) in [4.78, 5) is 12.3. The van der Waals surface area contributed by atoms with E-state index < -0.39 is 0 Å². The molecule has 2 aromatic carbocycles. The topological polar surface area (TPSA) is 102 Å². The van der Waals surface area contributed by atoms with E-state index in [0.717, 1.165) is 28.7 Å². The van der Waals surface area contributed by atoms with E-state index in [1.165, 1.54) is 23.1 Å². The number of anilines is 3. The minimum atomic E-state index is -0.134. The second-order valence-corrected chi connectivity index (χ2v) is 8.23. The molecule has 0 aliphatic rings. The van der Waals surface area contributed by atoms with Gasteiger partial charge >= 0.3 is 0 Å². The van der Waals surface area contributed by atoms with E-state index >= 15 is 0 Å². The molecule has 142 valence electrons. The number of amides is 1. The number of ether oxygens (including phenoxy) is 1. The zero-order valence-corrected chi connectivity index (χ0v) is 17.0. The number of nitrogens with one attached hydrogen (secondary N) is 2. The Bertz CT molecular complexity index is 1100. The zero-order chi connectivity index (χ0) is 19.3. The second kappa shape index (κ2) is 8.50. The van der Waals surface area contributed by atoms with Crippen molar-refractivity contribution >= 4 is 68.3 Å². The minimum Gasteiger partial charge on any atom is -0.497 e. The van der Waals surface area contributed by atoms with Gasteiger partial charge in [0, 0.05) is 5.69 Å². The fraction of sp³-hybridized carbons (Fsp3) is 0.118. The zero-order valence-electron chi connectivity index (χ0n) is 14.6. The molecule has 1 amide bonds. The molecule has 0 bridgehead atoms. The van der Waals surface area contributed by atoms with Crippen LogP contribution in [0.5, 0.6) is 5.75 Å². The number of carbonyl (C=O) groups is 1. The van der Waals surface area contributed by atoms with Gasteiger partial charge in [-0.1, -0.05) is 29.2 Å². The monoisotopic (exact) mass is 430 g/mol. The average molecular weight is 431 g/mol. The summed E-state index contributed by atoms with van der Waals surface area (Å²) in [6.45, 7) is 0. The summed E-state index contributed by atoms with van der Waals surface area (Å²) in [5, 5.41) is 14.9. The van der Waals surface area contributed by atoms with E-state index in [0.29, 0.717) is 20.7 Å². The number of methoxy groups -OCH3 is 1. The summed E-state index contributed by atoms with van der Waals surface area (Å²) in [6.07, 6.45) is 0. The molecule has 28 heavy (non-hydrogen) atoms. The lowest BCUT2D eigenvalue weighted by Gasteiger charge is -2.04. The Labute approximate surface area is 172 Å². The smallest absolute Gasteiger partial charge is 0.234 e. The highest BCUT2D eigenvalue weighted by Gasteiger charge is 2.11. The maximum atomic E-state index is 12.3. The molecule has 4 rings (SSSR count). The molecule has 2 N–H and O–H groups in total. The van der Waals surface area contributed by atoms with Gasteiger partial charge in [0.25, 0.3) is 0 Å². The number of fused-ring (bicyclic) bond motifs is 1. The molecule has 0 saturated heterocycles. The summed E-state index contributed by atoms with van der Waals surface area (Å²) in [7, 11) is 1.63. The molecular weight excluding hydrogens is 416 g/mol. The molecule has 0 radical (unpaired) electrons. The highest BCUT2D eigenvalue weighted by Crippen LogP contribution is 2.28. The van der Waals surface area contributed by atoms with Crippen molar-refractivity contribution in [3.8, 4) is 5.75 Å². The fourth-order valence-electron chi connectivity index (χ4n) is 2.34. The van der Waals surface area contributed by atoms with E-state index in [2.05, 4.69) is 29.6 Å². The molecule has 0 aliphatic carbocycles.